The van der Waals surface area contributed by atoms with Gasteiger partial charge in [-0.3, -0.25) is 9.59 Å². The number of halogens is 1. The fraction of sp³-hybridized carbons (Fsp3) is 0.143. The number of carboxylic acid groups (broad SMARTS) is 1. The molecule has 0 unspecified atom stereocenters. The maximum absolute atomic E-state index is 12.1. The molecule has 0 spiro atoms. The minimum Gasteiger partial charge on any atom is -0.465 e. The van der Waals surface area contributed by atoms with E-state index >= 15 is 0 Å². The Morgan fingerprint density at radius 1 is 1.17 bits per heavy atom. The molecule has 0 atom stereocenters. The number of hydrogen-bond donors (Lipinski definition) is 4. The number of nitrogens with one attached hydrogen (secondary N) is 3. The van der Waals surface area contributed by atoms with Gasteiger partial charge in [0.2, 0.25) is 5.56 Å². The highest BCUT2D eigenvalue weighted by Gasteiger charge is 2.10. The van der Waals surface area contributed by atoms with E-state index in [1.54, 1.807) is 6.07 Å². The highest BCUT2D eigenvalue weighted by molar-refractivity contribution is 6.29. The van der Waals surface area contributed by atoms with E-state index in [0.717, 1.165) is 0 Å². The molecular formula is C14H13ClN4O4. The average Bonchev–Trinajstić information content (AvgIpc) is 2.51. The van der Waals surface area contributed by atoms with Crippen LogP contribution in [0.3, 0.4) is 0 Å². The van der Waals surface area contributed by atoms with Gasteiger partial charge in [-0.15, -0.1) is 0 Å². The number of amides is 2. The van der Waals surface area contributed by atoms with Crippen molar-refractivity contribution in [2.45, 2.75) is 13.1 Å². The molecule has 4 N–H and O–H groups in total. The molecule has 0 radical (unpaired) electrons. The molecule has 0 aromatic carbocycles. The van der Waals surface area contributed by atoms with Gasteiger partial charge in [0.05, 0.1) is 0 Å². The Balaban J connectivity index is 2.04. The normalized spacial score (nSPS) is 10.1. The van der Waals surface area contributed by atoms with Crippen LogP contribution < -0.4 is 16.2 Å². The molecule has 0 aliphatic carbocycles. The summed E-state index contributed by atoms with van der Waals surface area (Å²) in [4.78, 5) is 39.9. The molecule has 2 heterocycles. The van der Waals surface area contributed by atoms with Crippen LogP contribution in [0.2, 0.25) is 5.15 Å². The van der Waals surface area contributed by atoms with Crippen LogP contribution in [-0.2, 0) is 13.1 Å². The Bertz CT molecular complexity index is 770. The van der Waals surface area contributed by atoms with E-state index in [4.69, 9.17) is 16.7 Å². The molecule has 0 fully saturated rings. The zero-order valence-electron chi connectivity index (χ0n) is 11.8. The van der Waals surface area contributed by atoms with Crippen LogP contribution in [-0.4, -0.2) is 27.1 Å². The van der Waals surface area contributed by atoms with Gasteiger partial charge >= 0.3 is 6.09 Å². The van der Waals surface area contributed by atoms with Crippen LogP contribution in [0.4, 0.5) is 4.79 Å². The number of H-pyrrole nitrogens is 1. The lowest BCUT2D eigenvalue weighted by atomic mass is 10.2. The smallest absolute Gasteiger partial charge is 0.404 e. The maximum Gasteiger partial charge on any atom is 0.404 e. The number of pyridine rings is 2. The van der Waals surface area contributed by atoms with Crippen LogP contribution in [0.15, 0.2) is 35.3 Å². The van der Waals surface area contributed by atoms with E-state index in [9.17, 15) is 14.4 Å². The van der Waals surface area contributed by atoms with Gasteiger partial charge in [0, 0.05) is 25.4 Å². The number of hydrogen-bond acceptors (Lipinski definition) is 4. The fourth-order valence-electron chi connectivity index (χ4n) is 1.77. The predicted molar refractivity (Wildman–Crippen MR) is 82.3 cm³/mol. The Labute approximate surface area is 135 Å². The van der Waals surface area contributed by atoms with Gasteiger partial charge in [0.15, 0.2) is 0 Å². The highest BCUT2D eigenvalue weighted by atomic mass is 35.5. The summed E-state index contributed by atoms with van der Waals surface area (Å²) in [6.45, 7) is 0.213. The molecule has 23 heavy (non-hydrogen) atoms. The Kier molecular flexibility index (Phi) is 5.32. The molecule has 0 saturated heterocycles. The maximum atomic E-state index is 12.1. The van der Waals surface area contributed by atoms with Gasteiger partial charge in [0.1, 0.15) is 10.8 Å². The molecule has 0 saturated carbocycles. The van der Waals surface area contributed by atoms with Crippen molar-refractivity contribution >= 4 is 23.6 Å². The van der Waals surface area contributed by atoms with Crippen molar-refractivity contribution in [3.05, 3.63) is 62.8 Å². The minimum absolute atomic E-state index is 0.0117. The number of aromatic nitrogens is 2. The van der Waals surface area contributed by atoms with Gasteiger partial charge in [-0.05, 0) is 23.3 Å². The summed E-state index contributed by atoms with van der Waals surface area (Å²) in [6.07, 6.45) is 0.318. The molecule has 2 aromatic rings. The monoisotopic (exact) mass is 336 g/mol. The summed E-state index contributed by atoms with van der Waals surface area (Å²) >= 11 is 5.84. The summed E-state index contributed by atoms with van der Waals surface area (Å²) in [6, 6.07) is 5.86. The quantitative estimate of drug-likeness (QED) is 0.609. The number of carbonyl (C=O) groups is 2. The van der Waals surface area contributed by atoms with E-state index in [1.165, 1.54) is 24.4 Å². The third kappa shape index (κ3) is 5.11. The van der Waals surface area contributed by atoms with Crippen molar-refractivity contribution in [3.8, 4) is 0 Å². The summed E-state index contributed by atoms with van der Waals surface area (Å²) < 4.78 is 0. The van der Waals surface area contributed by atoms with Gasteiger partial charge in [-0.1, -0.05) is 17.7 Å². The predicted octanol–water partition coefficient (Wildman–Crippen LogP) is 1.12. The first-order valence-electron chi connectivity index (χ1n) is 6.53. The molecule has 8 nitrogen and oxygen atoms in total. The summed E-state index contributed by atoms with van der Waals surface area (Å²) in [5, 5.41) is 13.5. The van der Waals surface area contributed by atoms with Gasteiger partial charge in [0.25, 0.3) is 5.91 Å². The summed E-state index contributed by atoms with van der Waals surface area (Å²) in [5.74, 6) is -0.463. The topological polar surface area (TPSA) is 124 Å². The zero-order valence-corrected chi connectivity index (χ0v) is 12.6. The minimum atomic E-state index is -1.18. The third-order valence-electron chi connectivity index (χ3n) is 2.83. The van der Waals surface area contributed by atoms with E-state index in [1.807, 2.05) is 0 Å². The van der Waals surface area contributed by atoms with E-state index in [2.05, 4.69) is 20.6 Å². The number of aromatic amines is 1. The van der Waals surface area contributed by atoms with E-state index in [-0.39, 0.29) is 29.5 Å². The van der Waals surface area contributed by atoms with Crippen LogP contribution in [0.5, 0.6) is 0 Å². The largest absolute Gasteiger partial charge is 0.465 e. The molecule has 0 aliphatic rings. The summed E-state index contributed by atoms with van der Waals surface area (Å²) in [7, 11) is 0. The molecule has 2 amide bonds. The fourth-order valence-corrected chi connectivity index (χ4v) is 2.00. The molecule has 0 bridgehead atoms. The Morgan fingerprint density at radius 2 is 1.91 bits per heavy atom. The van der Waals surface area contributed by atoms with Crippen LogP contribution in [0.25, 0.3) is 0 Å². The third-order valence-corrected chi connectivity index (χ3v) is 3.03. The van der Waals surface area contributed by atoms with Crippen molar-refractivity contribution in [2.24, 2.45) is 0 Å². The van der Waals surface area contributed by atoms with Gasteiger partial charge in [-0.2, -0.15) is 0 Å². The van der Waals surface area contributed by atoms with Crippen molar-refractivity contribution < 1.29 is 14.7 Å². The van der Waals surface area contributed by atoms with Gasteiger partial charge in [-0.25, -0.2) is 9.78 Å². The zero-order chi connectivity index (χ0) is 16.8. The van der Waals surface area contributed by atoms with E-state index < -0.39 is 12.0 Å². The van der Waals surface area contributed by atoms with Crippen molar-refractivity contribution in [1.29, 1.82) is 0 Å². The van der Waals surface area contributed by atoms with Crippen LogP contribution in [0.1, 0.15) is 21.6 Å². The molecular weight excluding hydrogens is 324 g/mol. The molecule has 2 aromatic heterocycles. The first-order chi connectivity index (χ1) is 10.9. The second-order valence-corrected chi connectivity index (χ2v) is 4.97. The van der Waals surface area contributed by atoms with Crippen molar-refractivity contribution in [3.63, 3.8) is 0 Å². The standard InChI is InChI=1S/C14H13ClN4O4/c15-11-4-9(7-18-14(22)23)3-10(19-11)13(21)17-6-8-1-2-12(20)16-5-8/h1-5,18H,6-7H2,(H,16,20)(H,17,21)(H,22,23). The lowest BCUT2D eigenvalue weighted by molar-refractivity contribution is 0.0945. The number of nitrogens with zero attached hydrogens (tertiary/aromatic N) is 1. The van der Waals surface area contributed by atoms with Crippen molar-refractivity contribution in [1.82, 2.24) is 20.6 Å². The molecule has 2 rings (SSSR count). The molecule has 0 aliphatic heterocycles. The number of carbonyl (C=O) groups excluding carboxylic acids is 1. The second-order valence-electron chi connectivity index (χ2n) is 4.59. The number of rotatable bonds is 5. The molecule has 120 valence electrons. The first kappa shape index (κ1) is 16.5. The van der Waals surface area contributed by atoms with Crippen LogP contribution >= 0.6 is 11.6 Å². The van der Waals surface area contributed by atoms with Crippen LogP contribution in [0, 0.1) is 0 Å². The van der Waals surface area contributed by atoms with E-state index in [0.29, 0.717) is 11.1 Å². The lowest BCUT2D eigenvalue weighted by Crippen LogP contribution is -2.25. The highest BCUT2D eigenvalue weighted by Crippen LogP contribution is 2.11. The van der Waals surface area contributed by atoms with Crippen molar-refractivity contribution in [2.75, 3.05) is 0 Å². The van der Waals surface area contributed by atoms with Gasteiger partial charge < -0.3 is 20.7 Å². The summed E-state index contributed by atoms with van der Waals surface area (Å²) in [5.41, 5.74) is 1.07. The Morgan fingerprint density at radius 3 is 2.57 bits per heavy atom. The lowest BCUT2D eigenvalue weighted by Gasteiger charge is -2.07. The molecule has 9 heteroatoms. The SMILES string of the molecule is O=C(O)NCc1cc(Cl)nc(C(=O)NCc2ccc(=O)[nH]c2)c1. The first-order valence-corrected chi connectivity index (χ1v) is 6.91. The second kappa shape index (κ2) is 7.41. The average molecular weight is 337 g/mol. The Hall–Kier alpha value is -2.87.